The Morgan fingerprint density at radius 3 is 2.50 bits per heavy atom. The van der Waals surface area contributed by atoms with Gasteiger partial charge in [0, 0.05) is 18.3 Å². The molecule has 0 aromatic heterocycles. The van der Waals surface area contributed by atoms with Gasteiger partial charge in [-0.25, -0.2) is 9.18 Å². The molecule has 204 valence electrons. The van der Waals surface area contributed by atoms with Crippen molar-refractivity contribution in [2.45, 2.75) is 50.4 Å². The summed E-state index contributed by atoms with van der Waals surface area (Å²) in [4.78, 5) is 34.7. The SMILES string of the molecule is CC1=C2NC(=O)NC(=O)[C@@]23CC2=C(C(F)=CC(=C4N=C(C(F)(F)F)ON4C)C2)N2C[C@@H](C(F)(F)F)OC1[C@@H]23. The van der Waals surface area contributed by atoms with Crippen LogP contribution in [0.2, 0.25) is 0 Å². The van der Waals surface area contributed by atoms with Crippen LogP contribution in [0.15, 0.2) is 50.8 Å². The number of morpholine rings is 1. The molecule has 4 heterocycles. The van der Waals surface area contributed by atoms with E-state index in [0.717, 1.165) is 18.0 Å². The molecule has 0 radical (unpaired) electrons. The zero-order valence-corrected chi connectivity index (χ0v) is 19.6. The Hall–Kier alpha value is -3.56. The van der Waals surface area contributed by atoms with E-state index in [1.165, 1.54) is 6.92 Å². The van der Waals surface area contributed by atoms with Crippen LogP contribution in [0.5, 0.6) is 0 Å². The highest BCUT2D eigenvalue weighted by Crippen LogP contribution is 2.59. The van der Waals surface area contributed by atoms with Crippen molar-refractivity contribution in [3.63, 3.8) is 0 Å². The molecular weight excluding hydrogens is 531 g/mol. The topological polar surface area (TPSA) is 95.5 Å². The summed E-state index contributed by atoms with van der Waals surface area (Å²) in [6, 6.07) is -1.97. The molecule has 0 aromatic carbocycles. The molecule has 4 aliphatic heterocycles. The van der Waals surface area contributed by atoms with Crippen LogP contribution in [-0.4, -0.2) is 72.0 Å². The van der Waals surface area contributed by atoms with Crippen molar-refractivity contribution in [1.29, 1.82) is 0 Å². The minimum absolute atomic E-state index is 0.0319. The van der Waals surface area contributed by atoms with Crippen molar-refractivity contribution in [3.05, 3.63) is 45.8 Å². The van der Waals surface area contributed by atoms with E-state index in [1.807, 2.05) is 0 Å². The van der Waals surface area contributed by atoms with E-state index in [9.17, 15) is 35.9 Å². The van der Waals surface area contributed by atoms with Gasteiger partial charge >= 0.3 is 24.3 Å². The minimum atomic E-state index is -4.91. The van der Waals surface area contributed by atoms with Crippen molar-refractivity contribution < 1.29 is 49.9 Å². The third-order valence-electron chi connectivity index (χ3n) is 7.61. The number of nitrogens with one attached hydrogen (secondary N) is 2. The second kappa shape index (κ2) is 7.51. The van der Waals surface area contributed by atoms with Crippen LogP contribution in [0.25, 0.3) is 0 Å². The van der Waals surface area contributed by atoms with Crippen LogP contribution in [0, 0.1) is 5.41 Å². The Kier molecular flexibility index (Phi) is 4.89. The maximum Gasteiger partial charge on any atom is 0.471 e. The van der Waals surface area contributed by atoms with E-state index in [1.54, 1.807) is 0 Å². The monoisotopic (exact) mass is 549 g/mol. The van der Waals surface area contributed by atoms with E-state index in [2.05, 4.69) is 20.5 Å². The number of urea groups is 1. The maximum absolute atomic E-state index is 15.7. The first kappa shape index (κ1) is 24.8. The standard InChI is InChI=1S/C22H18F7N5O4/c1-7-13-15-20(14(7)30-19(36)32-17(20)35)5-9-3-8(16-31-18(22(27,28)29)38-33(16)2)4-10(23)12(9)34(15)6-11(37-13)21(24,25)26/h4,11,13,15H,3,5-6H2,1-2H3,(H2,30,32,35,36)/t11-,13?,15+,20-/m0/s1. The normalized spacial score (nSPS) is 34.8. The number of imide groups is 1. The molecule has 9 nitrogen and oxygen atoms in total. The number of rotatable bonds is 0. The van der Waals surface area contributed by atoms with E-state index in [-0.39, 0.29) is 46.8 Å². The Morgan fingerprint density at radius 2 is 1.87 bits per heavy atom. The average Bonchev–Trinajstić information content (AvgIpc) is 3.31. The quantitative estimate of drug-likeness (QED) is 0.452. The average molecular weight is 549 g/mol. The van der Waals surface area contributed by atoms with E-state index in [4.69, 9.17) is 4.74 Å². The zero-order valence-electron chi connectivity index (χ0n) is 19.6. The van der Waals surface area contributed by atoms with Crippen LogP contribution in [0.1, 0.15) is 19.8 Å². The number of nitrogens with zero attached hydrogens (tertiary/aromatic N) is 3. The number of allylic oxidation sites excluding steroid dienone is 4. The predicted octanol–water partition coefficient (Wildman–Crippen LogP) is 3.06. The molecule has 4 atom stereocenters. The van der Waals surface area contributed by atoms with Crippen LogP contribution in [0.4, 0.5) is 35.5 Å². The number of carbonyl (C=O) groups is 2. The number of ether oxygens (including phenoxy) is 1. The number of alkyl halides is 6. The van der Waals surface area contributed by atoms with Gasteiger partial charge in [0.1, 0.15) is 17.3 Å². The lowest BCUT2D eigenvalue weighted by atomic mass is 9.67. The van der Waals surface area contributed by atoms with Crippen molar-refractivity contribution in [3.8, 4) is 0 Å². The van der Waals surface area contributed by atoms with E-state index in [0.29, 0.717) is 5.06 Å². The fourth-order valence-electron chi connectivity index (χ4n) is 6.23. The molecule has 1 spiro atoms. The van der Waals surface area contributed by atoms with Crippen molar-refractivity contribution >= 4 is 17.8 Å². The Labute approximate surface area is 209 Å². The molecule has 16 heteroatoms. The van der Waals surface area contributed by atoms with Gasteiger partial charge in [-0.15, -0.1) is 0 Å². The summed E-state index contributed by atoms with van der Waals surface area (Å²) in [6.45, 7) is 0.603. The lowest BCUT2D eigenvalue weighted by Gasteiger charge is -2.55. The first-order valence-electron chi connectivity index (χ1n) is 11.4. The van der Waals surface area contributed by atoms with Crippen LogP contribution < -0.4 is 10.6 Å². The predicted molar refractivity (Wildman–Crippen MR) is 112 cm³/mol. The van der Waals surface area contributed by atoms with Crippen molar-refractivity contribution in [2.24, 2.45) is 10.4 Å². The van der Waals surface area contributed by atoms with Gasteiger partial charge in [0.25, 0.3) is 0 Å². The molecular formula is C22H18F7N5O4. The van der Waals surface area contributed by atoms with Crippen LogP contribution >= 0.6 is 0 Å². The van der Waals surface area contributed by atoms with Gasteiger partial charge in [-0.1, -0.05) is 0 Å². The number of carbonyl (C=O) groups excluding carboxylic acids is 2. The van der Waals surface area contributed by atoms with Gasteiger partial charge in [0.15, 0.2) is 11.9 Å². The van der Waals surface area contributed by atoms with Gasteiger partial charge < -0.3 is 19.8 Å². The molecule has 38 heavy (non-hydrogen) atoms. The molecule has 0 aromatic rings. The third-order valence-corrected chi connectivity index (χ3v) is 7.61. The van der Waals surface area contributed by atoms with Crippen LogP contribution in [-0.2, 0) is 14.4 Å². The second-order valence-electron chi connectivity index (χ2n) is 9.77. The minimum Gasteiger partial charge on any atom is -0.359 e. The van der Waals surface area contributed by atoms with Gasteiger partial charge in [0.2, 0.25) is 5.91 Å². The first-order valence-corrected chi connectivity index (χ1v) is 11.4. The highest BCUT2D eigenvalue weighted by atomic mass is 19.4. The smallest absolute Gasteiger partial charge is 0.359 e. The van der Waals surface area contributed by atoms with Gasteiger partial charge in [-0.3, -0.25) is 10.1 Å². The number of hydrogen-bond donors (Lipinski definition) is 2. The lowest BCUT2D eigenvalue weighted by molar-refractivity contribution is -0.258. The summed E-state index contributed by atoms with van der Waals surface area (Å²) < 4.78 is 102. The summed E-state index contributed by atoms with van der Waals surface area (Å²) in [5, 5.41) is 5.38. The number of hydroxylamine groups is 2. The van der Waals surface area contributed by atoms with Crippen LogP contribution in [0.3, 0.4) is 0 Å². The van der Waals surface area contributed by atoms with Gasteiger partial charge in [-0.05, 0) is 37.0 Å². The highest BCUT2D eigenvalue weighted by Gasteiger charge is 2.68. The maximum atomic E-state index is 15.7. The zero-order chi connectivity index (χ0) is 27.5. The first-order chi connectivity index (χ1) is 17.6. The van der Waals surface area contributed by atoms with Gasteiger partial charge in [-0.2, -0.15) is 36.4 Å². The summed E-state index contributed by atoms with van der Waals surface area (Å²) >= 11 is 0. The number of halogens is 7. The summed E-state index contributed by atoms with van der Waals surface area (Å²) in [5.74, 6) is -3.70. The van der Waals surface area contributed by atoms with E-state index < -0.39 is 66.2 Å². The molecule has 2 N–H and O–H groups in total. The molecule has 2 aliphatic carbocycles. The molecule has 6 aliphatic rings. The molecule has 0 bridgehead atoms. The lowest BCUT2D eigenvalue weighted by Crippen LogP contribution is -2.69. The molecule has 2 saturated heterocycles. The third kappa shape index (κ3) is 3.24. The fraction of sp³-hybridized carbons (Fsp3) is 0.500. The molecule has 2 fully saturated rings. The Balaban J connectivity index is 1.50. The second-order valence-corrected chi connectivity index (χ2v) is 9.77. The fourth-order valence-corrected chi connectivity index (χ4v) is 6.23. The largest absolute Gasteiger partial charge is 0.471 e. The number of hydrogen-bond acceptors (Lipinski definition) is 7. The molecule has 3 amide bonds. The molecule has 0 saturated carbocycles. The van der Waals surface area contributed by atoms with Crippen molar-refractivity contribution in [1.82, 2.24) is 20.6 Å². The van der Waals surface area contributed by atoms with Gasteiger partial charge in [0.05, 0.1) is 18.3 Å². The Morgan fingerprint density at radius 1 is 1.16 bits per heavy atom. The highest BCUT2D eigenvalue weighted by molar-refractivity contribution is 6.05. The summed E-state index contributed by atoms with van der Waals surface area (Å²) in [6.07, 6.45) is -12.9. The molecule has 1 unspecified atom stereocenters. The van der Waals surface area contributed by atoms with E-state index >= 15 is 4.39 Å². The number of aliphatic imine (C=N–C) groups is 1. The summed E-state index contributed by atoms with van der Waals surface area (Å²) in [5.41, 5.74) is -1.41. The Bertz CT molecular complexity index is 1340. The number of amides is 3. The van der Waals surface area contributed by atoms with Crippen molar-refractivity contribution in [2.75, 3.05) is 13.6 Å². The summed E-state index contributed by atoms with van der Waals surface area (Å²) in [7, 11) is 1.14. The molecule has 6 rings (SSSR count). The number of fused-ring (bicyclic) bond motifs is 1.